The Hall–Kier alpha value is -0.830. The molecular weight excluding hydrogens is 198 g/mol. The largest absolute Gasteiger partial charge is 0.333 e. The van der Waals surface area contributed by atoms with Crippen molar-refractivity contribution >= 4 is 0 Å². The first-order valence-electron chi connectivity index (χ1n) is 6.28. The van der Waals surface area contributed by atoms with Crippen molar-refractivity contribution in [3.8, 4) is 0 Å². The fourth-order valence-electron chi connectivity index (χ4n) is 1.78. The zero-order chi connectivity index (χ0) is 12.1. The summed E-state index contributed by atoms with van der Waals surface area (Å²) in [5, 5.41) is 3.61. The monoisotopic (exact) mass is 223 g/mol. The van der Waals surface area contributed by atoms with Crippen LogP contribution in [-0.2, 0) is 6.54 Å². The van der Waals surface area contributed by atoms with Crippen molar-refractivity contribution in [2.75, 3.05) is 6.54 Å². The molecule has 1 rings (SSSR count). The third kappa shape index (κ3) is 3.34. The average Bonchev–Trinajstić information content (AvgIpc) is 2.55. The highest BCUT2D eigenvalue weighted by molar-refractivity contribution is 5.08. The standard InChI is InChI=1S/C13H25N3/c1-6-7-14-13(10(2)3)8-16-9-15-11(4)12(16)5/h9-10,13-14H,6-8H2,1-5H3. The third-order valence-corrected chi connectivity index (χ3v) is 3.20. The van der Waals surface area contributed by atoms with E-state index >= 15 is 0 Å². The zero-order valence-corrected chi connectivity index (χ0v) is 11.2. The van der Waals surface area contributed by atoms with Gasteiger partial charge in [0.15, 0.2) is 0 Å². The van der Waals surface area contributed by atoms with Crippen LogP contribution in [0.15, 0.2) is 6.33 Å². The van der Waals surface area contributed by atoms with Crippen LogP contribution in [0.1, 0.15) is 38.6 Å². The van der Waals surface area contributed by atoms with Crippen LogP contribution >= 0.6 is 0 Å². The quantitative estimate of drug-likeness (QED) is 0.803. The van der Waals surface area contributed by atoms with E-state index in [1.54, 1.807) is 0 Å². The first kappa shape index (κ1) is 13.2. The molecule has 0 amide bonds. The van der Waals surface area contributed by atoms with Gasteiger partial charge >= 0.3 is 0 Å². The second-order valence-electron chi connectivity index (χ2n) is 4.87. The molecule has 0 bridgehead atoms. The predicted molar refractivity (Wildman–Crippen MR) is 68.6 cm³/mol. The Labute approximate surface area is 99.3 Å². The molecule has 0 spiro atoms. The lowest BCUT2D eigenvalue weighted by Crippen LogP contribution is -2.38. The number of rotatable bonds is 6. The van der Waals surface area contributed by atoms with Gasteiger partial charge in [0.25, 0.3) is 0 Å². The van der Waals surface area contributed by atoms with E-state index in [2.05, 4.69) is 49.5 Å². The van der Waals surface area contributed by atoms with Crippen LogP contribution in [0, 0.1) is 19.8 Å². The number of nitrogens with one attached hydrogen (secondary N) is 1. The second kappa shape index (κ2) is 6.04. The summed E-state index contributed by atoms with van der Waals surface area (Å²) in [4.78, 5) is 4.34. The van der Waals surface area contributed by atoms with Crippen molar-refractivity contribution in [3.63, 3.8) is 0 Å². The summed E-state index contributed by atoms with van der Waals surface area (Å²) in [6, 6.07) is 0.534. The van der Waals surface area contributed by atoms with E-state index in [-0.39, 0.29) is 0 Å². The number of hydrogen-bond donors (Lipinski definition) is 1. The molecule has 3 nitrogen and oxygen atoms in total. The van der Waals surface area contributed by atoms with Gasteiger partial charge in [0.05, 0.1) is 12.0 Å². The fraction of sp³-hybridized carbons (Fsp3) is 0.769. The molecule has 0 aliphatic heterocycles. The summed E-state index contributed by atoms with van der Waals surface area (Å²) >= 11 is 0. The van der Waals surface area contributed by atoms with Gasteiger partial charge in [-0.25, -0.2) is 4.98 Å². The molecule has 0 aliphatic rings. The van der Waals surface area contributed by atoms with Crippen molar-refractivity contribution in [1.82, 2.24) is 14.9 Å². The normalized spacial score (nSPS) is 13.4. The Morgan fingerprint density at radius 2 is 2.06 bits per heavy atom. The minimum absolute atomic E-state index is 0.534. The van der Waals surface area contributed by atoms with Gasteiger partial charge in [-0.2, -0.15) is 0 Å². The number of aromatic nitrogens is 2. The highest BCUT2D eigenvalue weighted by Crippen LogP contribution is 2.09. The van der Waals surface area contributed by atoms with Crippen LogP contribution in [0.5, 0.6) is 0 Å². The van der Waals surface area contributed by atoms with E-state index in [9.17, 15) is 0 Å². The highest BCUT2D eigenvalue weighted by Gasteiger charge is 2.14. The Morgan fingerprint density at radius 3 is 2.50 bits per heavy atom. The molecular formula is C13H25N3. The molecule has 1 atom stereocenters. The van der Waals surface area contributed by atoms with Crippen molar-refractivity contribution < 1.29 is 0 Å². The average molecular weight is 223 g/mol. The highest BCUT2D eigenvalue weighted by atomic mass is 15.1. The number of nitrogens with zero attached hydrogens (tertiary/aromatic N) is 2. The molecule has 1 N–H and O–H groups in total. The van der Waals surface area contributed by atoms with Crippen LogP contribution in [0.25, 0.3) is 0 Å². The minimum atomic E-state index is 0.534. The van der Waals surface area contributed by atoms with Crippen LogP contribution < -0.4 is 5.32 Å². The maximum atomic E-state index is 4.34. The van der Waals surface area contributed by atoms with Gasteiger partial charge in [0.1, 0.15) is 0 Å². The smallest absolute Gasteiger partial charge is 0.0951 e. The second-order valence-corrected chi connectivity index (χ2v) is 4.87. The van der Waals surface area contributed by atoms with Gasteiger partial charge in [-0.1, -0.05) is 20.8 Å². The van der Waals surface area contributed by atoms with E-state index in [1.165, 1.54) is 12.1 Å². The molecule has 16 heavy (non-hydrogen) atoms. The molecule has 1 aromatic rings. The predicted octanol–water partition coefficient (Wildman–Crippen LogP) is 2.52. The Kier molecular flexibility index (Phi) is 5.00. The molecule has 0 saturated carbocycles. The first-order chi connectivity index (χ1) is 7.56. The fourth-order valence-corrected chi connectivity index (χ4v) is 1.78. The Balaban J connectivity index is 2.64. The lowest BCUT2D eigenvalue weighted by molar-refractivity contribution is 0.354. The first-order valence-corrected chi connectivity index (χ1v) is 6.28. The summed E-state index contributed by atoms with van der Waals surface area (Å²) in [6.07, 6.45) is 3.14. The molecule has 1 heterocycles. The van der Waals surface area contributed by atoms with Crippen molar-refractivity contribution in [3.05, 3.63) is 17.7 Å². The van der Waals surface area contributed by atoms with Crippen LogP contribution in [-0.4, -0.2) is 22.1 Å². The SMILES string of the molecule is CCCNC(Cn1cnc(C)c1C)C(C)C. The van der Waals surface area contributed by atoms with Crippen LogP contribution in [0.3, 0.4) is 0 Å². The maximum absolute atomic E-state index is 4.34. The Morgan fingerprint density at radius 1 is 1.38 bits per heavy atom. The number of imidazole rings is 1. The summed E-state index contributed by atoms with van der Waals surface area (Å²) < 4.78 is 2.25. The summed E-state index contributed by atoms with van der Waals surface area (Å²) in [7, 11) is 0. The summed E-state index contributed by atoms with van der Waals surface area (Å²) in [5.41, 5.74) is 2.42. The minimum Gasteiger partial charge on any atom is -0.333 e. The molecule has 0 fully saturated rings. The van der Waals surface area contributed by atoms with Crippen LogP contribution in [0.4, 0.5) is 0 Å². The summed E-state index contributed by atoms with van der Waals surface area (Å²) in [5.74, 6) is 0.647. The van der Waals surface area contributed by atoms with Crippen molar-refractivity contribution in [1.29, 1.82) is 0 Å². The molecule has 0 aromatic carbocycles. The lowest BCUT2D eigenvalue weighted by atomic mass is 10.0. The molecule has 1 aromatic heterocycles. The molecule has 1 unspecified atom stereocenters. The van der Waals surface area contributed by atoms with Crippen molar-refractivity contribution in [2.45, 2.75) is 53.6 Å². The van der Waals surface area contributed by atoms with E-state index in [4.69, 9.17) is 0 Å². The van der Waals surface area contributed by atoms with Crippen LogP contribution in [0.2, 0.25) is 0 Å². The van der Waals surface area contributed by atoms with Gasteiger partial charge in [-0.05, 0) is 32.7 Å². The number of aryl methyl sites for hydroxylation is 1. The van der Waals surface area contributed by atoms with E-state index in [0.29, 0.717) is 12.0 Å². The third-order valence-electron chi connectivity index (χ3n) is 3.20. The maximum Gasteiger partial charge on any atom is 0.0951 e. The molecule has 92 valence electrons. The van der Waals surface area contributed by atoms with Gasteiger partial charge in [0, 0.05) is 18.3 Å². The van der Waals surface area contributed by atoms with Gasteiger partial charge in [0.2, 0.25) is 0 Å². The molecule has 0 radical (unpaired) electrons. The number of hydrogen-bond acceptors (Lipinski definition) is 2. The van der Waals surface area contributed by atoms with Gasteiger partial charge in [-0.15, -0.1) is 0 Å². The topological polar surface area (TPSA) is 29.9 Å². The van der Waals surface area contributed by atoms with Crippen molar-refractivity contribution in [2.24, 2.45) is 5.92 Å². The molecule has 3 heteroatoms. The molecule has 0 saturated heterocycles. The lowest BCUT2D eigenvalue weighted by Gasteiger charge is -2.23. The van der Waals surface area contributed by atoms with E-state index in [0.717, 1.165) is 18.8 Å². The van der Waals surface area contributed by atoms with Gasteiger partial charge in [-0.3, -0.25) is 0 Å². The van der Waals surface area contributed by atoms with E-state index in [1.807, 2.05) is 6.33 Å². The molecule has 0 aliphatic carbocycles. The van der Waals surface area contributed by atoms with Gasteiger partial charge < -0.3 is 9.88 Å². The zero-order valence-electron chi connectivity index (χ0n) is 11.2. The Bertz CT molecular complexity index is 315. The van der Waals surface area contributed by atoms with E-state index < -0.39 is 0 Å². The summed E-state index contributed by atoms with van der Waals surface area (Å²) in [6.45, 7) is 13.1.